The van der Waals surface area contributed by atoms with Gasteiger partial charge >= 0.3 is 5.97 Å². The van der Waals surface area contributed by atoms with Crippen LogP contribution in [-0.4, -0.2) is 17.0 Å². The first-order valence-electron chi connectivity index (χ1n) is 7.03. The van der Waals surface area contributed by atoms with Gasteiger partial charge in [-0.05, 0) is 29.8 Å². The van der Waals surface area contributed by atoms with E-state index < -0.39 is 17.7 Å². The Morgan fingerprint density at radius 2 is 2.00 bits per heavy atom. The molecule has 0 aliphatic carbocycles. The first-order valence-corrected chi connectivity index (χ1v) is 8.61. The Morgan fingerprint density at radius 3 is 2.68 bits per heavy atom. The van der Waals surface area contributed by atoms with Crippen LogP contribution in [0.2, 0.25) is 10.0 Å². The number of para-hydroxylation sites is 1. The van der Waals surface area contributed by atoms with Gasteiger partial charge in [0.05, 0.1) is 27.2 Å². The molecular formula is C17H10Cl2FNO3S. The number of aliphatic carboxylic acids is 1. The summed E-state index contributed by atoms with van der Waals surface area (Å²) >= 11 is 12.8. The maximum atomic E-state index is 14.3. The van der Waals surface area contributed by atoms with Crippen molar-refractivity contribution in [1.29, 1.82) is 0 Å². The molecule has 0 fully saturated rings. The maximum Gasteiger partial charge on any atom is 0.329 e. The van der Waals surface area contributed by atoms with Crippen molar-refractivity contribution in [2.24, 2.45) is 0 Å². The molecule has 2 aromatic rings. The highest BCUT2D eigenvalue weighted by Crippen LogP contribution is 2.43. The van der Waals surface area contributed by atoms with Crippen LogP contribution >= 0.6 is 35.0 Å². The lowest BCUT2D eigenvalue weighted by molar-refractivity contribution is -0.131. The van der Waals surface area contributed by atoms with Crippen LogP contribution < -0.4 is 4.90 Å². The fourth-order valence-electron chi connectivity index (χ4n) is 2.41. The Bertz CT molecular complexity index is 917. The third-order valence-electron chi connectivity index (χ3n) is 3.47. The number of carboxylic acid groups (broad SMARTS) is 1. The highest BCUT2D eigenvalue weighted by atomic mass is 35.5. The minimum atomic E-state index is -1.25. The van der Waals surface area contributed by atoms with Gasteiger partial charge in [0.25, 0.3) is 5.91 Å². The third-order valence-corrected chi connectivity index (χ3v) is 5.28. The number of hydrogen-bond acceptors (Lipinski definition) is 3. The van der Waals surface area contributed by atoms with E-state index in [1.807, 2.05) is 0 Å². The lowest BCUT2D eigenvalue weighted by Crippen LogP contribution is -2.34. The van der Waals surface area contributed by atoms with Gasteiger partial charge in [-0.3, -0.25) is 9.69 Å². The zero-order chi connectivity index (χ0) is 18.1. The summed E-state index contributed by atoms with van der Waals surface area (Å²) in [6, 6.07) is 9.23. The summed E-state index contributed by atoms with van der Waals surface area (Å²) in [5.74, 6) is -2.39. The van der Waals surface area contributed by atoms with E-state index in [9.17, 15) is 14.0 Å². The SMILES string of the molecule is O=C(O)/C=C1\Sc2cccc(F)c2N(Cc2ccc(Cl)c(Cl)c2)C1=O. The van der Waals surface area contributed by atoms with Gasteiger partial charge in [0.2, 0.25) is 0 Å². The molecule has 128 valence electrons. The Hall–Kier alpha value is -2.02. The van der Waals surface area contributed by atoms with Crippen LogP contribution in [0.1, 0.15) is 5.56 Å². The van der Waals surface area contributed by atoms with Gasteiger partial charge in [-0.15, -0.1) is 0 Å². The van der Waals surface area contributed by atoms with Crippen LogP contribution in [0, 0.1) is 5.82 Å². The molecule has 0 saturated heterocycles. The number of amides is 1. The molecule has 0 bridgehead atoms. The normalized spacial score (nSPS) is 15.4. The number of hydrogen-bond donors (Lipinski definition) is 1. The topological polar surface area (TPSA) is 57.6 Å². The van der Waals surface area contributed by atoms with Crippen molar-refractivity contribution >= 4 is 52.5 Å². The number of thioether (sulfide) groups is 1. The molecule has 3 rings (SSSR count). The molecule has 0 atom stereocenters. The zero-order valence-electron chi connectivity index (χ0n) is 12.5. The van der Waals surface area contributed by atoms with Gasteiger partial charge in [0, 0.05) is 11.0 Å². The lowest BCUT2D eigenvalue weighted by Gasteiger charge is -2.30. The molecule has 0 saturated carbocycles. The largest absolute Gasteiger partial charge is 0.478 e. The summed E-state index contributed by atoms with van der Waals surface area (Å²) in [4.78, 5) is 25.3. The van der Waals surface area contributed by atoms with Crippen molar-refractivity contribution in [1.82, 2.24) is 0 Å². The molecule has 1 aliphatic rings. The van der Waals surface area contributed by atoms with Crippen LogP contribution in [0.25, 0.3) is 0 Å². The summed E-state index contributed by atoms with van der Waals surface area (Å²) in [6.07, 6.45) is 0.822. The first kappa shape index (κ1) is 17.8. The van der Waals surface area contributed by atoms with Crippen molar-refractivity contribution in [2.45, 2.75) is 11.4 Å². The van der Waals surface area contributed by atoms with Crippen molar-refractivity contribution in [3.63, 3.8) is 0 Å². The summed E-state index contributed by atoms with van der Waals surface area (Å²) < 4.78 is 14.3. The average Bonchev–Trinajstić information content (AvgIpc) is 2.54. The van der Waals surface area contributed by atoms with Crippen molar-refractivity contribution in [3.8, 4) is 0 Å². The number of rotatable bonds is 3. The van der Waals surface area contributed by atoms with Crippen LogP contribution in [-0.2, 0) is 16.1 Å². The molecule has 25 heavy (non-hydrogen) atoms. The second-order valence-corrected chi connectivity index (χ2v) is 7.07. The quantitative estimate of drug-likeness (QED) is 0.759. The van der Waals surface area contributed by atoms with E-state index in [0.717, 1.165) is 17.8 Å². The molecular weight excluding hydrogens is 388 g/mol. The van der Waals surface area contributed by atoms with Crippen molar-refractivity contribution in [2.75, 3.05) is 4.90 Å². The monoisotopic (exact) mass is 397 g/mol. The molecule has 4 nitrogen and oxygen atoms in total. The van der Waals surface area contributed by atoms with E-state index >= 15 is 0 Å². The van der Waals surface area contributed by atoms with Gasteiger partial charge < -0.3 is 5.11 Å². The van der Waals surface area contributed by atoms with E-state index in [-0.39, 0.29) is 17.1 Å². The Kier molecular flexibility index (Phi) is 5.03. The molecule has 8 heteroatoms. The number of nitrogens with zero attached hydrogens (tertiary/aromatic N) is 1. The highest BCUT2D eigenvalue weighted by molar-refractivity contribution is 8.04. The van der Waals surface area contributed by atoms with Gasteiger partial charge in [0.1, 0.15) is 5.82 Å². The number of anilines is 1. The number of fused-ring (bicyclic) bond motifs is 1. The second kappa shape index (κ2) is 7.07. The Balaban J connectivity index is 2.07. The van der Waals surface area contributed by atoms with Crippen LogP contribution in [0.3, 0.4) is 0 Å². The van der Waals surface area contributed by atoms with E-state index in [1.165, 1.54) is 17.0 Å². The van der Waals surface area contributed by atoms with Crippen LogP contribution in [0.15, 0.2) is 52.3 Å². The van der Waals surface area contributed by atoms with Gasteiger partial charge in [-0.1, -0.05) is 47.1 Å². The molecule has 1 N–H and O–H groups in total. The first-order chi connectivity index (χ1) is 11.9. The van der Waals surface area contributed by atoms with E-state index in [2.05, 4.69) is 0 Å². The predicted octanol–water partition coefficient (Wildman–Crippen LogP) is 4.74. The summed E-state index contributed by atoms with van der Waals surface area (Å²) in [5, 5.41) is 9.64. The molecule has 0 radical (unpaired) electrons. The molecule has 0 aromatic heterocycles. The summed E-state index contributed by atoms with van der Waals surface area (Å²) in [5.41, 5.74) is 0.754. The number of carboxylic acids is 1. The Morgan fingerprint density at radius 1 is 1.24 bits per heavy atom. The number of carbonyl (C=O) groups excluding carboxylic acids is 1. The van der Waals surface area contributed by atoms with Gasteiger partial charge in [-0.25, -0.2) is 9.18 Å². The number of benzene rings is 2. The fourth-order valence-corrected chi connectivity index (χ4v) is 3.78. The van der Waals surface area contributed by atoms with Gasteiger partial charge in [0.15, 0.2) is 0 Å². The average molecular weight is 398 g/mol. The highest BCUT2D eigenvalue weighted by Gasteiger charge is 2.32. The molecule has 1 amide bonds. The molecule has 0 spiro atoms. The molecule has 2 aromatic carbocycles. The third kappa shape index (κ3) is 3.66. The second-order valence-electron chi connectivity index (χ2n) is 5.18. The predicted molar refractivity (Wildman–Crippen MR) is 95.6 cm³/mol. The number of halogens is 3. The zero-order valence-corrected chi connectivity index (χ0v) is 14.8. The standard InChI is InChI=1S/C17H10Cl2FNO3S/c18-10-5-4-9(6-11(10)19)8-21-16-12(20)2-1-3-13(16)25-14(17(21)24)7-15(22)23/h1-7H,8H2,(H,22,23)/b14-7-. The lowest BCUT2D eigenvalue weighted by atomic mass is 10.1. The summed E-state index contributed by atoms with van der Waals surface area (Å²) in [6.45, 7) is 0.0289. The maximum absolute atomic E-state index is 14.3. The minimum absolute atomic E-state index is 0.00524. The van der Waals surface area contributed by atoms with E-state index in [4.69, 9.17) is 28.3 Å². The van der Waals surface area contributed by atoms with E-state index in [1.54, 1.807) is 24.3 Å². The van der Waals surface area contributed by atoms with Crippen molar-refractivity contribution < 1.29 is 19.1 Å². The fraction of sp³-hybridized carbons (Fsp3) is 0.0588. The molecule has 0 unspecified atom stereocenters. The van der Waals surface area contributed by atoms with Crippen molar-refractivity contribution in [3.05, 3.63) is 68.8 Å². The van der Waals surface area contributed by atoms with Gasteiger partial charge in [-0.2, -0.15) is 0 Å². The summed E-state index contributed by atoms with van der Waals surface area (Å²) in [7, 11) is 0. The van der Waals surface area contributed by atoms with Crippen LogP contribution in [0.5, 0.6) is 0 Å². The number of carbonyl (C=O) groups is 2. The smallest absolute Gasteiger partial charge is 0.329 e. The Labute approximate surface area is 156 Å². The molecule has 1 aliphatic heterocycles. The van der Waals surface area contributed by atoms with E-state index in [0.29, 0.717) is 20.5 Å². The van der Waals surface area contributed by atoms with Crippen LogP contribution in [0.4, 0.5) is 10.1 Å². The molecule has 1 heterocycles. The minimum Gasteiger partial charge on any atom is -0.478 e.